The number of carbonyl (C=O) groups is 1. The van der Waals surface area contributed by atoms with Gasteiger partial charge >= 0.3 is 6.03 Å². The molecule has 1 saturated carbocycles. The fourth-order valence-corrected chi connectivity index (χ4v) is 6.18. The van der Waals surface area contributed by atoms with Crippen molar-refractivity contribution in [3.8, 4) is 0 Å². The van der Waals surface area contributed by atoms with E-state index in [0.717, 1.165) is 25.7 Å². The monoisotopic (exact) mass is 392 g/mol. The minimum Gasteiger partial charge on any atom is -0.336 e. The third kappa shape index (κ3) is 4.65. The maximum absolute atomic E-state index is 13.0. The van der Waals surface area contributed by atoms with Gasteiger partial charge in [-0.3, -0.25) is 0 Å². The van der Waals surface area contributed by atoms with Gasteiger partial charge in [0.05, 0.1) is 0 Å². The van der Waals surface area contributed by atoms with E-state index in [-0.39, 0.29) is 18.6 Å². The van der Waals surface area contributed by atoms with E-state index in [4.69, 9.17) is 0 Å². The minimum absolute atomic E-state index is 0.0444. The lowest BCUT2D eigenvalue weighted by molar-refractivity contribution is 0.232. The Morgan fingerprint density at radius 1 is 1.08 bits per heavy atom. The van der Waals surface area contributed by atoms with Crippen LogP contribution in [0.2, 0.25) is 0 Å². The van der Waals surface area contributed by atoms with Gasteiger partial charge in [-0.15, -0.1) is 11.3 Å². The second kappa shape index (κ2) is 8.68. The average molecular weight is 393 g/mol. The maximum Gasteiger partial charge on any atom is 0.315 e. The molecule has 2 aromatic rings. The second-order valence-electron chi connectivity index (χ2n) is 6.57. The van der Waals surface area contributed by atoms with Crippen LogP contribution in [0.5, 0.6) is 0 Å². The predicted octanol–water partition coefficient (Wildman–Crippen LogP) is 3.90. The summed E-state index contributed by atoms with van der Waals surface area (Å²) in [7, 11) is -3.56. The lowest BCUT2D eigenvalue weighted by atomic mass is 9.96. The van der Waals surface area contributed by atoms with Gasteiger partial charge in [0, 0.05) is 12.6 Å². The lowest BCUT2D eigenvalue weighted by Gasteiger charge is -2.24. The summed E-state index contributed by atoms with van der Waals surface area (Å²) in [5, 5.41) is 6.68. The maximum atomic E-state index is 13.0. The Kier molecular flexibility index (Phi) is 6.32. The number of hydrogen-bond acceptors (Lipinski definition) is 4. The number of benzene rings is 1. The Labute approximate surface area is 158 Å². The summed E-state index contributed by atoms with van der Waals surface area (Å²) in [6.45, 7) is 0.0444. The van der Waals surface area contributed by atoms with E-state index in [1.165, 1.54) is 17.8 Å². The fourth-order valence-electron chi connectivity index (χ4n) is 3.31. The van der Waals surface area contributed by atoms with Crippen LogP contribution >= 0.6 is 11.3 Å². The van der Waals surface area contributed by atoms with Gasteiger partial charge in [0.1, 0.15) is 9.46 Å². The van der Waals surface area contributed by atoms with Crippen LogP contribution in [-0.4, -0.2) is 27.0 Å². The van der Waals surface area contributed by atoms with E-state index in [1.54, 1.807) is 29.6 Å². The van der Waals surface area contributed by atoms with Crippen LogP contribution in [0.3, 0.4) is 0 Å². The van der Waals surface area contributed by atoms with Crippen LogP contribution in [0.1, 0.15) is 42.9 Å². The topological polar surface area (TPSA) is 75.3 Å². The van der Waals surface area contributed by atoms with E-state index in [2.05, 4.69) is 10.6 Å². The molecule has 2 amide bonds. The van der Waals surface area contributed by atoms with Gasteiger partial charge in [0.2, 0.25) is 0 Å². The Bertz CT molecular complexity index is 799. The first kappa shape index (κ1) is 18.9. The number of thiophene rings is 1. The van der Waals surface area contributed by atoms with Gasteiger partial charge in [-0.1, -0.05) is 55.7 Å². The lowest BCUT2D eigenvalue weighted by Crippen LogP contribution is -2.44. The van der Waals surface area contributed by atoms with E-state index in [9.17, 15) is 13.2 Å². The normalized spacial score (nSPS) is 16.8. The molecule has 1 fully saturated rings. The number of rotatable bonds is 6. The number of sulfone groups is 1. The molecule has 1 heterocycles. The van der Waals surface area contributed by atoms with Crippen molar-refractivity contribution in [3.05, 3.63) is 53.4 Å². The first-order valence-corrected chi connectivity index (χ1v) is 11.4. The van der Waals surface area contributed by atoms with E-state index >= 15 is 0 Å². The number of urea groups is 1. The Morgan fingerprint density at radius 2 is 1.81 bits per heavy atom. The zero-order valence-electron chi connectivity index (χ0n) is 14.6. The Balaban J connectivity index is 1.71. The van der Waals surface area contributed by atoms with Gasteiger partial charge in [0.15, 0.2) is 9.84 Å². The van der Waals surface area contributed by atoms with Crippen LogP contribution in [0.25, 0.3) is 0 Å². The second-order valence-corrected chi connectivity index (χ2v) is 9.87. The van der Waals surface area contributed by atoms with Gasteiger partial charge in [-0.2, -0.15) is 0 Å². The summed E-state index contributed by atoms with van der Waals surface area (Å²) >= 11 is 1.20. The molecular formula is C19H24N2O3S2. The van der Waals surface area contributed by atoms with Gasteiger partial charge < -0.3 is 10.6 Å². The van der Waals surface area contributed by atoms with Gasteiger partial charge in [0.25, 0.3) is 0 Å². The molecule has 1 unspecified atom stereocenters. The molecule has 7 heteroatoms. The molecule has 3 rings (SSSR count). The molecule has 1 aliphatic carbocycles. The van der Waals surface area contributed by atoms with Crippen molar-refractivity contribution in [2.24, 2.45) is 0 Å². The van der Waals surface area contributed by atoms with Crippen LogP contribution < -0.4 is 10.6 Å². The molecule has 1 aromatic heterocycles. The zero-order valence-corrected chi connectivity index (χ0v) is 16.2. The molecule has 1 atom stereocenters. The average Bonchev–Trinajstić information content (AvgIpc) is 3.19. The SMILES string of the molecule is O=C(NCC(c1ccccc1)S(=O)(=O)c1cccs1)NC1CCCCC1. The molecule has 1 aromatic carbocycles. The number of carbonyl (C=O) groups excluding carboxylic acids is 1. The molecular weight excluding hydrogens is 368 g/mol. The van der Waals surface area contributed by atoms with Gasteiger partial charge in [-0.25, -0.2) is 13.2 Å². The smallest absolute Gasteiger partial charge is 0.315 e. The van der Waals surface area contributed by atoms with Crippen LogP contribution in [0.4, 0.5) is 4.79 Å². The highest BCUT2D eigenvalue weighted by molar-refractivity contribution is 7.93. The first-order chi connectivity index (χ1) is 12.6. The summed E-state index contributed by atoms with van der Waals surface area (Å²) in [5.41, 5.74) is 0.680. The van der Waals surface area contributed by atoms with Crippen molar-refractivity contribution >= 4 is 27.2 Å². The third-order valence-corrected chi connectivity index (χ3v) is 8.24. The standard InChI is InChI=1S/C19H24N2O3S2/c22-19(21-16-10-5-2-6-11-16)20-14-17(15-8-3-1-4-9-15)26(23,24)18-12-7-13-25-18/h1,3-4,7-9,12-13,16-17H,2,5-6,10-11,14H2,(H2,20,21,22). The molecule has 26 heavy (non-hydrogen) atoms. The largest absolute Gasteiger partial charge is 0.336 e. The van der Waals surface area contributed by atoms with E-state index in [1.807, 2.05) is 18.2 Å². The fraction of sp³-hybridized carbons (Fsp3) is 0.421. The summed E-state index contributed by atoms with van der Waals surface area (Å²) in [6.07, 6.45) is 5.45. The quantitative estimate of drug-likeness (QED) is 0.783. The molecule has 2 N–H and O–H groups in total. The molecule has 0 bridgehead atoms. The predicted molar refractivity (Wildman–Crippen MR) is 104 cm³/mol. The molecule has 1 aliphatic rings. The molecule has 140 valence electrons. The van der Waals surface area contributed by atoms with Crippen LogP contribution in [-0.2, 0) is 9.84 Å². The molecule has 5 nitrogen and oxygen atoms in total. The number of nitrogens with one attached hydrogen (secondary N) is 2. The Hall–Kier alpha value is -1.86. The zero-order chi connectivity index (χ0) is 18.4. The summed E-state index contributed by atoms with van der Waals surface area (Å²) in [4.78, 5) is 12.2. The Morgan fingerprint density at radius 3 is 2.46 bits per heavy atom. The van der Waals surface area contributed by atoms with Crippen molar-refractivity contribution in [2.45, 2.75) is 47.6 Å². The van der Waals surface area contributed by atoms with E-state index in [0.29, 0.717) is 9.77 Å². The number of hydrogen-bond donors (Lipinski definition) is 2. The molecule has 0 spiro atoms. The van der Waals surface area contributed by atoms with Crippen molar-refractivity contribution in [3.63, 3.8) is 0 Å². The van der Waals surface area contributed by atoms with Crippen molar-refractivity contribution < 1.29 is 13.2 Å². The van der Waals surface area contributed by atoms with Crippen molar-refractivity contribution in [2.75, 3.05) is 6.54 Å². The molecule has 0 saturated heterocycles. The van der Waals surface area contributed by atoms with Crippen molar-refractivity contribution in [1.29, 1.82) is 0 Å². The van der Waals surface area contributed by atoms with Crippen LogP contribution in [0.15, 0.2) is 52.1 Å². The van der Waals surface area contributed by atoms with E-state index < -0.39 is 15.1 Å². The number of amides is 2. The van der Waals surface area contributed by atoms with Gasteiger partial charge in [-0.05, 0) is 29.9 Å². The molecule has 0 radical (unpaired) electrons. The summed E-state index contributed by atoms with van der Waals surface area (Å²) < 4.78 is 26.4. The summed E-state index contributed by atoms with van der Waals surface area (Å²) in [6, 6.07) is 12.3. The third-order valence-electron chi connectivity index (χ3n) is 4.71. The first-order valence-electron chi connectivity index (χ1n) is 8.94. The highest BCUT2D eigenvalue weighted by Crippen LogP contribution is 2.31. The summed E-state index contributed by atoms with van der Waals surface area (Å²) in [5.74, 6) is 0. The minimum atomic E-state index is -3.56. The van der Waals surface area contributed by atoms with Crippen LogP contribution in [0, 0.1) is 0 Å². The highest BCUT2D eigenvalue weighted by Gasteiger charge is 2.30. The van der Waals surface area contributed by atoms with Crippen molar-refractivity contribution in [1.82, 2.24) is 10.6 Å². The highest BCUT2D eigenvalue weighted by atomic mass is 32.2. The molecule has 0 aliphatic heterocycles.